The molecule has 9 heteroatoms. The number of carbonyl (C=O) groups is 2. The fourth-order valence-corrected chi connectivity index (χ4v) is 6.89. The normalized spacial score (nSPS) is 11.9. The van der Waals surface area contributed by atoms with Crippen LogP contribution in [0.15, 0.2) is 102 Å². The summed E-state index contributed by atoms with van der Waals surface area (Å²) in [5.41, 5.74) is 4.43. The van der Waals surface area contributed by atoms with Gasteiger partial charge in [0.05, 0.1) is 10.6 Å². The number of sulfonamides is 1. The molecule has 242 valence electrons. The number of anilines is 1. The molecule has 4 rings (SSSR count). The Labute approximate surface area is 278 Å². The molecule has 0 aliphatic rings. The number of aryl methyl sites for hydroxylation is 2. The van der Waals surface area contributed by atoms with Gasteiger partial charge in [-0.25, -0.2) is 8.42 Å². The van der Waals surface area contributed by atoms with Crippen LogP contribution in [0.1, 0.15) is 47.6 Å². The predicted octanol–water partition coefficient (Wildman–Crippen LogP) is 7.02. The van der Waals surface area contributed by atoms with Crippen LogP contribution in [0.2, 0.25) is 5.02 Å². The molecule has 7 nitrogen and oxygen atoms in total. The van der Waals surface area contributed by atoms with Gasteiger partial charge >= 0.3 is 0 Å². The van der Waals surface area contributed by atoms with E-state index in [2.05, 4.69) is 5.32 Å². The summed E-state index contributed by atoms with van der Waals surface area (Å²) in [6, 6.07) is 27.8. The summed E-state index contributed by atoms with van der Waals surface area (Å²) in [5, 5.41) is 3.40. The van der Waals surface area contributed by atoms with Crippen molar-refractivity contribution >= 4 is 39.1 Å². The van der Waals surface area contributed by atoms with E-state index in [-0.39, 0.29) is 23.8 Å². The van der Waals surface area contributed by atoms with Gasteiger partial charge < -0.3 is 10.2 Å². The van der Waals surface area contributed by atoms with Crippen molar-refractivity contribution < 1.29 is 18.0 Å². The van der Waals surface area contributed by atoms with Crippen LogP contribution in [-0.2, 0) is 32.6 Å². The molecule has 0 bridgehead atoms. The third kappa shape index (κ3) is 8.56. The Morgan fingerprint density at radius 3 is 2.20 bits per heavy atom. The molecule has 1 atom stereocenters. The van der Waals surface area contributed by atoms with E-state index in [4.69, 9.17) is 11.6 Å². The van der Waals surface area contributed by atoms with Crippen LogP contribution in [0, 0.1) is 20.8 Å². The van der Waals surface area contributed by atoms with Crippen molar-refractivity contribution in [3.63, 3.8) is 0 Å². The van der Waals surface area contributed by atoms with E-state index in [9.17, 15) is 18.0 Å². The van der Waals surface area contributed by atoms with Crippen molar-refractivity contribution in [3.8, 4) is 0 Å². The minimum atomic E-state index is -4.22. The van der Waals surface area contributed by atoms with E-state index in [1.54, 1.807) is 37.3 Å². The fourth-order valence-electron chi connectivity index (χ4n) is 5.25. The highest BCUT2D eigenvalue weighted by molar-refractivity contribution is 7.92. The van der Waals surface area contributed by atoms with Gasteiger partial charge in [0.2, 0.25) is 11.8 Å². The highest BCUT2D eigenvalue weighted by Crippen LogP contribution is 2.31. The molecule has 4 aromatic rings. The first-order chi connectivity index (χ1) is 22.0. The van der Waals surface area contributed by atoms with E-state index >= 15 is 0 Å². The lowest BCUT2D eigenvalue weighted by Crippen LogP contribution is -2.53. The van der Waals surface area contributed by atoms with E-state index in [0.29, 0.717) is 22.8 Å². The molecule has 0 spiro atoms. The van der Waals surface area contributed by atoms with Crippen LogP contribution in [-0.4, -0.2) is 44.3 Å². The Kier molecular flexibility index (Phi) is 12.0. The van der Waals surface area contributed by atoms with Crippen LogP contribution in [0.3, 0.4) is 0 Å². The number of hydrogen-bond donors (Lipinski definition) is 1. The molecular weight excluding hydrogens is 618 g/mol. The molecular formula is C37H42ClN3O4S. The van der Waals surface area contributed by atoms with Crippen LogP contribution in [0.25, 0.3) is 0 Å². The highest BCUT2D eigenvalue weighted by atomic mass is 35.5. The van der Waals surface area contributed by atoms with Crippen molar-refractivity contribution in [3.05, 3.63) is 130 Å². The van der Waals surface area contributed by atoms with Crippen molar-refractivity contribution in [2.24, 2.45) is 0 Å². The molecule has 0 heterocycles. The zero-order valence-electron chi connectivity index (χ0n) is 26.9. The quantitative estimate of drug-likeness (QED) is 0.148. The smallest absolute Gasteiger partial charge is 0.264 e. The topological polar surface area (TPSA) is 86.8 Å². The molecule has 0 aromatic heterocycles. The molecule has 1 N–H and O–H groups in total. The monoisotopic (exact) mass is 659 g/mol. The van der Waals surface area contributed by atoms with Crippen LogP contribution in [0.5, 0.6) is 0 Å². The van der Waals surface area contributed by atoms with Gasteiger partial charge in [0, 0.05) is 24.5 Å². The molecule has 0 saturated heterocycles. The number of halogens is 1. The summed E-state index contributed by atoms with van der Waals surface area (Å²) >= 11 is 6.47. The van der Waals surface area contributed by atoms with Crippen molar-refractivity contribution in [2.75, 3.05) is 17.4 Å². The molecule has 0 radical (unpaired) electrons. The Bertz CT molecular complexity index is 1740. The minimum absolute atomic E-state index is 0.0499. The number of benzene rings is 4. The van der Waals surface area contributed by atoms with Crippen molar-refractivity contribution in [1.29, 1.82) is 0 Å². The third-order valence-corrected chi connectivity index (χ3v) is 10.3. The van der Waals surface area contributed by atoms with Gasteiger partial charge in [-0.15, -0.1) is 0 Å². The average molecular weight is 660 g/mol. The predicted molar refractivity (Wildman–Crippen MR) is 185 cm³/mol. The van der Waals surface area contributed by atoms with Crippen LogP contribution < -0.4 is 9.62 Å². The lowest BCUT2D eigenvalue weighted by atomic mass is 10.0. The maximum Gasteiger partial charge on any atom is 0.264 e. The first-order valence-corrected chi connectivity index (χ1v) is 17.3. The van der Waals surface area contributed by atoms with Crippen LogP contribution >= 0.6 is 11.6 Å². The second-order valence-electron chi connectivity index (χ2n) is 11.5. The zero-order chi connectivity index (χ0) is 33.3. The van der Waals surface area contributed by atoms with Gasteiger partial charge in [-0.2, -0.15) is 0 Å². The molecule has 0 aliphatic carbocycles. The Morgan fingerprint density at radius 2 is 1.52 bits per heavy atom. The summed E-state index contributed by atoms with van der Waals surface area (Å²) in [5.74, 6) is -0.795. The number of rotatable bonds is 14. The molecule has 46 heavy (non-hydrogen) atoms. The van der Waals surface area contributed by atoms with Gasteiger partial charge in [-0.1, -0.05) is 103 Å². The van der Waals surface area contributed by atoms with E-state index < -0.39 is 28.5 Å². The number of carbonyl (C=O) groups excluding carboxylic acids is 2. The van der Waals surface area contributed by atoms with E-state index in [1.807, 2.05) is 75.4 Å². The highest BCUT2D eigenvalue weighted by Gasteiger charge is 2.35. The molecule has 0 fully saturated rings. The Morgan fingerprint density at radius 1 is 0.848 bits per heavy atom. The average Bonchev–Trinajstić information content (AvgIpc) is 3.04. The van der Waals surface area contributed by atoms with Crippen molar-refractivity contribution in [1.82, 2.24) is 10.2 Å². The summed E-state index contributed by atoms with van der Waals surface area (Å²) in [6.07, 6.45) is 1.96. The molecule has 0 aliphatic heterocycles. The standard InChI is InChI=1S/C37H42ClN3O4S/c1-5-6-23-39-37(43)35(24-30-14-8-7-9-15-30)40(25-31-16-11-10-13-28(31)3)36(42)26-41(34-18-12-17-33(38)29(34)4)46(44,45)32-21-19-27(2)20-22-32/h7-22,35H,5-6,23-26H2,1-4H3,(H,39,43)/t35-/m1/s1. The van der Waals surface area contributed by atoms with Crippen molar-refractivity contribution in [2.45, 2.75) is 64.4 Å². The van der Waals surface area contributed by atoms with E-state index in [0.717, 1.165) is 39.4 Å². The SMILES string of the molecule is CCCCNC(=O)[C@@H](Cc1ccccc1)N(Cc1ccccc1C)C(=O)CN(c1cccc(Cl)c1C)S(=O)(=O)c1ccc(C)cc1. The number of unbranched alkanes of at least 4 members (excludes halogenated alkanes) is 1. The first-order valence-electron chi connectivity index (χ1n) is 15.5. The lowest BCUT2D eigenvalue weighted by Gasteiger charge is -2.34. The van der Waals surface area contributed by atoms with Gasteiger partial charge in [0.1, 0.15) is 12.6 Å². The first kappa shape index (κ1) is 34.7. The maximum absolute atomic E-state index is 14.6. The Balaban J connectivity index is 1.83. The number of nitrogens with one attached hydrogen (secondary N) is 1. The third-order valence-electron chi connectivity index (χ3n) is 8.10. The molecule has 2 amide bonds. The number of hydrogen-bond acceptors (Lipinski definition) is 4. The largest absolute Gasteiger partial charge is 0.354 e. The summed E-state index contributed by atoms with van der Waals surface area (Å²) in [6.45, 7) is 7.67. The number of amides is 2. The molecule has 4 aromatic carbocycles. The fraction of sp³-hybridized carbons (Fsp3) is 0.297. The molecule has 0 saturated carbocycles. The minimum Gasteiger partial charge on any atom is -0.354 e. The zero-order valence-corrected chi connectivity index (χ0v) is 28.4. The maximum atomic E-state index is 14.6. The second-order valence-corrected chi connectivity index (χ2v) is 13.8. The van der Waals surface area contributed by atoms with E-state index in [1.165, 1.54) is 17.0 Å². The Hall–Kier alpha value is -4.14. The summed E-state index contributed by atoms with van der Waals surface area (Å²) in [4.78, 5) is 30.1. The van der Waals surface area contributed by atoms with Gasteiger partial charge in [0.15, 0.2) is 0 Å². The summed E-state index contributed by atoms with van der Waals surface area (Å²) in [7, 11) is -4.22. The lowest BCUT2D eigenvalue weighted by molar-refractivity contribution is -0.140. The van der Waals surface area contributed by atoms with Gasteiger partial charge in [-0.3, -0.25) is 13.9 Å². The second kappa shape index (κ2) is 15.9. The van der Waals surface area contributed by atoms with Gasteiger partial charge in [0.25, 0.3) is 10.0 Å². The number of nitrogens with zero attached hydrogens (tertiary/aromatic N) is 2. The summed E-state index contributed by atoms with van der Waals surface area (Å²) < 4.78 is 29.7. The van der Waals surface area contributed by atoms with Crippen LogP contribution in [0.4, 0.5) is 5.69 Å². The molecule has 0 unspecified atom stereocenters. The van der Waals surface area contributed by atoms with Gasteiger partial charge in [-0.05, 0) is 73.7 Å².